The molecule has 0 aliphatic carbocycles. The third-order valence-corrected chi connectivity index (χ3v) is 5.23. The van der Waals surface area contributed by atoms with Gasteiger partial charge in [0.2, 0.25) is 11.8 Å². The molecule has 3 amide bonds. The molecular weight excluding hydrogens is 405 g/mol. The number of halogens is 1. The first-order valence-corrected chi connectivity index (χ1v) is 10.5. The summed E-state index contributed by atoms with van der Waals surface area (Å²) in [5, 5.41) is 2.68. The molecule has 31 heavy (non-hydrogen) atoms. The minimum absolute atomic E-state index is 0.0230. The van der Waals surface area contributed by atoms with Crippen molar-refractivity contribution in [2.24, 2.45) is 5.92 Å². The van der Waals surface area contributed by atoms with Crippen LogP contribution < -0.4 is 5.32 Å². The quantitative estimate of drug-likeness (QED) is 0.470. The zero-order chi connectivity index (χ0) is 22.8. The maximum Gasteiger partial charge on any atom is 0.309 e. The molecule has 1 aliphatic heterocycles. The molecule has 0 unspecified atom stereocenters. The summed E-state index contributed by atoms with van der Waals surface area (Å²) in [5.41, 5.74) is 0.349. The number of esters is 1. The molecule has 2 rings (SSSR count). The van der Waals surface area contributed by atoms with Gasteiger partial charge in [0.05, 0.1) is 19.1 Å². The number of nitrogens with zero attached hydrogens (tertiary/aromatic N) is 2. The van der Waals surface area contributed by atoms with E-state index in [1.807, 2.05) is 0 Å². The Balaban J connectivity index is 1.65. The lowest BCUT2D eigenvalue weighted by Gasteiger charge is -2.32. The molecule has 1 saturated heterocycles. The summed E-state index contributed by atoms with van der Waals surface area (Å²) in [5.74, 6) is -1.47. The van der Waals surface area contributed by atoms with Crippen LogP contribution in [-0.2, 0) is 19.1 Å². The summed E-state index contributed by atoms with van der Waals surface area (Å²) in [7, 11) is 1.57. The molecule has 0 spiro atoms. The van der Waals surface area contributed by atoms with E-state index in [9.17, 15) is 23.6 Å². The van der Waals surface area contributed by atoms with Gasteiger partial charge in [-0.15, -0.1) is 0 Å². The van der Waals surface area contributed by atoms with Crippen LogP contribution in [0.1, 0.15) is 43.0 Å². The van der Waals surface area contributed by atoms with E-state index in [2.05, 4.69) is 5.32 Å². The van der Waals surface area contributed by atoms with E-state index in [1.54, 1.807) is 18.9 Å². The number of ether oxygens (including phenoxy) is 1. The second kappa shape index (κ2) is 12.0. The first kappa shape index (κ1) is 24.3. The highest BCUT2D eigenvalue weighted by atomic mass is 19.1. The van der Waals surface area contributed by atoms with Gasteiger partial charge in [-0.3, -0.25) is 19.2 Å². The van der Waals surface area contributed by atoms with Crippen LogP contribution in [0.15, 0.2) is 24.3 Å². The molecule has 0 saturated carbocycles. The fourth-order valence-corrected chi connectivity index (χ4v) is 3.35. The maximum absolute atomic E-state index is 12.9. The van der Waals surface area contributed by atoms with Crippen LogP contribution in [0.25, 0.3) is 0 Å². The van der Waals surface area contributed by atoms with E-state index in [4.69, 9.17) is 4.74 Å². The van der Waals surface area contributed by atoms with Gasteiger partial charge in [0, 0.05) is 38.7 Å². The first-order chi connectivity index (χ1) is 14.8. The third-order valence-electron chi connectivity index (χ3n) is 5.23. The second-order valence-electron chi connectivity index (χ2n) is 7.52. The van der Waals surface area contributed by atoms with Crippen molar-refractivity contribution in [1.82, 2.24) is 15.1 Å². The lowest BCUT2D eigenvalue weighted by Crippen LogP contribution is -2.45. The standard InChI is InChI=1S/C22H30FN3O5/c1-3-31-22(30)17-10-13-26(14-11-17)20(28)15-25(2)19(27)5-4-12-24-21(29)16-6-8-18(23)9-7-16/h6-9,17H,3-5,10-15H2,1-2H3,(H,24,29). The number of benzene rings is 1. The van der Waals surface area contributed by atoms with Crippen molar-refractivity contribution in [3.05, 3.63) is 35.6 Å². The van der Waals surface area contributed by atoms with Gasteiger partial charge in [-0.1, -0.05) is 0 Å². The van der Waals surface area contributed by atoms with E-state index in [-0.39, 0.29) is 42.6 Å². The highest BCUT2D eigenvalue weighted by Gasteiger charge is 2.28. The molecule has 9 heteroatoms. The lowest BCUT2D eigenvalue weighted by atomic mass is 9.97. The molecule has 0 aromatic heterocycles. The topological polar surface area (TPSA) is 96.0 Å². The molecule has 0 bridgehead atoms. The molecule has 1 heterocycles. The van der Waals surface area contributed by atoms with Crippen LogP contribution >= 0.6 is 0 Å². The SMILES string of the molecule is CCOC(=O)C1CCN(C(=O)CN(C)C(=O)CCCNC(=O)c2ccc(F)cc2)CC1. The highest BCUT2D eigenvalue weighted by Crippen LogP contribution is 2.19. The monoisotopic (exact) mass is 435 g/mol. The summed E-state index contributed by atoms with van der Waals surface area (Å²) in [6.07, 6.45) is 1.75. The van der Waals surface area contributed by atoms with Crippen molar-refractivity contribution >= 4 is 23.7 Å². The number of amides is 3. The number of nitrogens with one attached hydrogen (secondary N) is 1. The smallest absolute Gasteiger partial charge is 0.309 e. The Hall–Kier alpha value is -2.97. The predicted octanol–water partition coefficient (Wildman–Crippen LogP) is 1.60. The number of piperidine rings is 1. The number of likely N-dealkylation sites (N-methyl/N-ethyl adjacent to an activating group) is 1. The van der Waals surface area contributed by atoms with Gasteiger partial charge < -0.3 is 19.9 Å². The van der Waals surface area contributed by atoms with E-state index in [0.717, 1.165) is 0 Å². The van der Waals surface area contributed by atoms with Crippen LogP contribution in [0.5, 0.6) is 0 Å². The number of carbonyl (C=O) groups excluding carboxylic acids is 4. The molecule has 1 N–H and O–H groups in total. The summed E-state index contributed by atoms with van der Waals surface area (Å²) in [6.45, 7) is 3.33. The Morgan fingerprint density at radius 2 is 1.81 bits per heavy atom. The van der Waals surface area contributed by atoms with Gasteiger partial charge in [0.25, 0.3) is 5.91 Å². The Morgan fingerprint density at radius 1 is 1.16 bits per heavy atom. The Kier molecular flexibility index (Phi) is 9.42. The van der Waals surface area contributed by atoms with E-state index in [1.165, 1.54) is 29.2 Å². The summed E-state index contributed by atoms with van der Waals surface area (Å²) in [4.78, 5) is 51.5. The van der Waals surface area contributed by atoms with Crippen LogP contribution in [0, 0.1) is 11.7 Å². The van der Waals surface area contributed by atoms with Crippen molar-refractivity contribution < 1.29 is 28.3 Å². The van der Waals surface area contributed by atoms with Crippen molar-refractivity contribution in [2.45, 2.75) is 32.6 Å². The first-order valence-electron chi connectivity index (χ1n) is 10.5. The minimum atomic E-state index is -0.414. The fraction of sp³-hybridized carbons (Fsp3) is 0.545. The molecular formula is C22H30FN3O5. The summed E-state index contributed by atoms with van der Waals surface area (Å²) < 4.78 is 17.9. The minimum Gasteiger partial charge on any atom is -0.466 e. The molecule has 1 fully saturated rings. The van der Waals surface area contributed by atoms with Crippen LogP contribution in [-0.4, -0.2) is 73.3 Å². The third kappa shape index (κ3) is 7.66. The van der Waals surface area contributed by atoms with Crippen LogP contribution in [0.4, 0.5) is 4.39 Å². The number of hydrogen-bond acceptors (Lipinski definition) is 5. The number of carbonyl (C=O) groups is 4. The van der Waals surface area contributed by atoms with Gasteiger partial charge in [0.15, 0.2) is 0 Å². The average Bonchev–Trinajstić information content (AvgIpc) is 2.77. The van der Waals surface area contributed by atoms with Gasteiger partial charge in [-0.2, -0.15) is 0 Å². The predicted molar refractivity (Wildman–Crippen MR) is 112 cm³/mol. The van der Waals surface area contributed by atoms with Gasteiger partial charge >= 0.3 is 5.97 Å². The highest BCUT2D eigenvalue weighted by molar-refractivity contribution is 5.94. The second-order valence-corrected chi connectivity index (χ2v) is 7.52. The largest absolute Gasteiger partial charge is 0.466 e. The van der Waals surface area contributed by atoms with Crippen molar-refractivity contribution in [2.75, 3.05) is 39.8 Å². The number of hydrogen-bond donors (Lipinski definition) is 1. The van der Waals surface area contributed by atoms with Crippen molar-refractivity contribution in [3.63, 3.8) is 0 Å². The summed E-state index contributed by atoms with van der Waals surface area (Å²) >= 11 is 0. The van der Waals surface area contributed by atoms with Crippen LogP contribution in [0.2, 0.25) is 0 Å². The molecule has 1 aromatic rings. The lowest BCUT2D eigenvalue weighted by molar-refractivity contribution is -0.151. The van der Waals surface area contributed by atoms with Gasteiger partial charge in [0.1, 0.15) is 5.82 Å². The van der Waals surface area contributed by atoms with Crippen molar-refractivity contribution in [3.8, 4) is 0 Å². The molecule has 0 atom stereocenters. The number of rotatable bonds is 9. The molecule has 1 aromatic carbocycles. The van der Waals surface area contributed by atoms with E-state index in [0.29, 0.717) is 51.1 Å². The van der Waals surface area contributed by atoms with E-state index < -0.39 is 5.82 Å². The Bertz CT molecular complexity index is 776. The maximum atomic E-state index is 12.9. The van der Waals surface area contributed by atoms with Crippen LogP contribution in [0.3, 0.4) is 0 Å². The van der Waals surface area contributed by atoms with Crippen molar-refractivity contribution in [1.29, 1.82) is 0 Å². The Labute approximate surface area is 181 Å². The van der Waals surface area contributed by atoms with Gasteiger partial charge in [-0.25, -0.2) is 4.39 Å². The number of likely N-dealkylation sites (tertiary alicyclic amines) is 1. The normalized spacial score (nSPS) is 14.1. The molecule has 8 nitrogen and oxygen atoms in total. The van der Waals surface area contributed by atoms with Gasteiger partial charge in [-0.05, 0) is 50.5 Å². The summed E-state index contributed by atoms with van der Waals surface area (Å²) in [6, 6.07) is 5.21. The molecule has 170 valence electrons. The fourth-order valence-electron chi connectivity index (χ4n) is 3.35. The molecule has 0 radical (unpaired) electrons. The average molecular weight is 435 g/mol. The zero-order valence-electron chi connectivity index (χ0n) is 18.1. The van der Waals surface area contributed by atoms with E-state index >= 15 is 0 Å². The zero-order valence-corrected chi connectivity index (χ0v) is 18.1. The molecule has 1 aliphatic rings. The Morgan fingerprint density at radius 3 is 2.42 bits per heavy atom.